The summed E-state index contributed by atoms with van der Waals surface area (Å²) in [6.45, 7) is 8.32. The van der Waals surface area contributed by atoms with Gasteiger partial charge in [0, 0.05) is 36.8 Å². The van der Waals surface area contributed by atoms with Gasteiger partial charge in [0.2, 0.25) is 0 Å². The van der Waals surface area contributed by atoms with Crippen LogP contribution in [0.3, 0.4) is 0 Å². The van der Waals surface area contributed by atoms with Crippen molar-refractivity contribution in [2.75, 3.05) is 32.8 Å². The molecule has 0 unspecified atom stereocenters. The number of aromatic nitrogens is 2. The molecule has 0 bridgehead atoms. The fourth-order valence-electron chi connectivity index (χ4n) is 3.96. The Hall–Kier alpha value is -1.88. The molecular weight excluding hydrogens is 471 g/mol. The molecule has 0 amide bonds. The number of fused-ring (bicyclic) bond motifs is 1. The summed E-state index contributed by atoms with van der Waals surface area (Å²) in [5.41, 5.74) is 0.342. The molecule has 0 spiro atoms. The first kappa shape index (κ1) is 24.3. The van der Waals surface area contributed by atoms with Crippen molar-refractivity contribution >= 4 is 33.3 Å². The van der Waals surface area contributed by atoms with E-state index in [0.29, 0.717) is 35.1 Å². The van der Waals surface area contributed by atoms with Crippen LogP contribution in [0.4, 0.5) is 13.2 Å². The van der Waals surface area contributed by atoms with Crippen LogP contribution in [-0.2, 0) is 23.2 Å². The van der Waals surface area contributed by atoms with Gasteiger partial charge in [-0.1, -0.05) is 30.0 Å². The summed E-state index contributed by atoms with van der Waals surface area (Å²) in [7, 11) is 0. The number of rotatable bonds is 7. The monoisotopic (exact) mass is 497 g/mol. The first-order valence-corrected chi connectivity index (χ1v) is 12.6. The first-order valence-electron chi connectivity index (χ1n) is 10.8. The number of aryl methyl sites for hydroxylation is 2. The van der Waals surface area contributed by atoms with Crippen LogP contribution < -0.4 is 5.56 Å². The second kappa shape index (κ2) is 10.2. The number of ether oxygens (including phenoxy) is 1. The van der Waals surface area contributed by atoms with Crippen LogP contribution >= 0.6 is 23.1 Å². The van der Waals surface area contributed by atoms with Crippen LogP contribution in [0.2, 0.25) is 0 Å². The Morgan fingerprint density at radius 3 is 2.61 bits per heavy atom. The Kier molecular flexibility index (Phi) is 7.47. The SMILES string of the molecule is Cc1sc2nc(SCc3ccccc3C(F)(F)F)n(CCCN3CCOCC3)c(=O)c2c1C. The minimum Gasteiger partial charge on any atom is -0.379 e. The number of morpholine rings is 1. The molecule has 2 aromatic heterocycles. The van der Waals surface area contributed by atoms with Gasteiger partial charge in [0.1, 0.15) is 4.83 Å². The molecular formula is C23H26F3N3O2S2. The smallest absolute Gasteiger partial charge is 0.379 e. The van der Waals surface area contributed by atoms with Crippen LogP contribution in [0, 0.1) is 13.8 Å². The molecule has 178 valence electrons. The highest BCUT2D eigenvalue weighted by Crippen LogP contribution is 2.35. The number of benzene rings is 1. The van der Waals surface area contributed by atoms with Crippen LogP contribution in [0.25, 0.3) is 10.2 Å². The van der Waals surface area contributed by atoms with Crippen molar-refractivity contribution in [1.82, 2.24) is 14.5 Å². The molecule has 0 saturated carbocycles. The maximum Gasteiger partial charge on any atom is 0.416 e. The number of alkyl halides is 3. The number of hydrogen-bond acceptors (Lipinski definition) is 6. The van der Waals surface area contributed by atoms with E-state index in [1.807, 2.05) is 13.8 Å². The molecule has 33 heavy (non-hydrogen) atoms. The van der Waals surface area contributed by atoms with Gasteiger partial charge >= 0.3 is 6.18 Å². The summed E-state index contributed by atoms with van der Waals surface area (Å²) >= 11 is 2.64. The zero-order valence-electron chi connectivity index (χ0n) is 18.6. The molecule has 0 radical (unpaired) electrons. The van der Waals surface area contributed by atoms with E-state index >= 15 is 0 Å². The van der Waals surface area contributed by atoms with Crippen LogP contribution in [0.1, 0.15) is 28.0 Å². The average Bonchev–Trinajstić information content (AvgIpc) is 3.07. The van der Waals surface area contributed by atoms with Gasteiger partial charge in [0.15, 0.2) is 5.16 Å². The molecule has 0 N–H and O–H groups in total. The predicted octanol–water partition coefficient (Wildman–Crippen LogP) is 5.11. The van der Waals surface area contributed by atoms with Crippen molar-refractivity contribution in [1.29, 1.82) is 0 Å². The van der Waals surface area contributed by atoms with Crippen LogP contribution in [-0.4, -0.2) is 47.3 Å². The van der Waals surface area contributed by atoms with Crippen LogP contribution in [0.15, 0.2) is 34.2 Å². The standard InChI is InChI=1S/C23H26F3N3O2S2/c1-15-16(2)33-20-19(15)21(30)29(9-5-8-28-10-12-31-13-11-28)22(27-20)32-14-17-6-3-4-7-18(17)23(24,25)26/h3-4,6-7H,5,8-14H2,1-2H3. The van der Waals surface area contributed by atoms with Crippen molar-refractivity contribution in [3.05, 3.63) is 56.2 Å². The van der Waals surface area contributed by atoms with E-state index in [1.54, 1.807) is 10.6 Å². The van der Waals surface area contributed by atoms with E-state index < -0.39 is 11.7 Å². The third-order valence-corrected chi connectivity index (χ3v) is 8.02. The molecule has 1 aliphatic heterocycles. The third kappa shape index (κ3) is 5.45. The molecule has 10 heteroatoms. The van der Waals surface area contributed by atoms with Gasteiger partial charge in [-0.2, -0.15) is 13.2 Å². The maximum atomic E-state index is 13.4. The van der Waals surface area contributed by atoms with E-state index in [0.717, 1.165) is 42.6 Å². The molecule has 1 fully saturated rings. The van der Waals surface area contributed by atoms with Gasteiger partial charge in [-0.3, -0.25) is 14.3 Å². The minimum atomic E-state index is -4.42. The molecule has 1 aliphatic rings. The summed E-state index contributed by atoms with van der Waals surface area (Å²) in [6, 6.07) is 5.56. The van der Waals surface area contributed by atoms with Gasteiger partial charge in [-0.05, 0) is 37.5 Å². The van der Waals surface area contributed by atoms with E-state index in [-0.39, 0.29) is 16.9 Å². The second-order valence-corrected chi connectivity index (χ2v) is 10.2. The van der Waals surface area contributed by atoms with Crippen molar-refractivity contribution in [3.8, 4) is 0 Å². The fraction of sp³-hybridized carbons (Fsp3) is 0.478. The summed E-state index contributed by atoms with van der Waals surface area (Å²) in [5.74, 6) is 0.0838. The average molecular weight is 498 g/mol. The molecule has 3 aromatic rings. The summed E-state index contributed by atoms with van der Waals surface area (Å²) < 4.78 is 47.3. The van der Waals surface area contributed by atoms with E-state index in [4.69, 9.17) is 9.72 Å². The van der Waals surface area contributed by atoms with Gasteiger partial charge in [-0.25, -0.2) is 4.98 Å². The molecule has 1 saturated heterocycles. The van der Waals surface area contributed by atoms with Crippen molar-refractivity contribution in [3.63, 3.8) is 0 Å². The van der Waals surface area contributed by atoms with Crippen LogP contribution in [0.5, 0.6) is 0 Å². The second-order valence-electron chi connectivity index (χ2n) is 8.07. The number of hydrogen-bond donors (Lipinski definition) is 0. The lowest BCUT2D eigenvalue weighted by Gasteiger charge is -2.26. The quantitative estimate of drug-likeness (QED) is 0.335. The molecule has 1 aromatic carbocycles. The number of nitrogens with zero attached hydrogens (tertiary/aromatic N) is 3. The summed E-state index contributed by atoms with van der Waals surface area (Å²) in [5, 5.41) is 1.08. The minimum absolute atomic E-state index is 0.0838. The van der Waals surface area contributed by atoms with Gasteiger partial charge in [-0.15, -0.1) is 11.3 Å². The Bertz CT molecular complexity index is 1180. The molecule has 0 atom stereocenters. The lowest BCUT2D eigenvalue weighted by Crippen LogP contribution is -2.37. The highest BCUT2D eigenvalue weighted by atomic mass is 32.2. The van der Waals surface area contributed by atoms with E-state index in [9.17, 15) is 18.0 Å². The van der Waals surface area contributed by atoms with Gasteiger partial charge in [0.05, 0.1) is 24.2 Å². The normalized spacial score (nSPS) is 15.4. The lowest BCUT2D eigenvalue weighted by atomic mass is 10.1. The van der Waals surface area contributed by atoms with Crippen molar-refractivity contribution in [2.45, 2.75) is 43.9 Å². The first-order chi connectivity index (χ1) is 15.8. The van der Waals surface area contributed by atoms with E-state index in [2.05, 4.69) is 4.90 Å². The third-order valence-electron chi connectivity index (χ3n) is 5.89. The Morgan fingerprint density at radius 1 is 1.15 bits per heavy atom. The number of halogens is 3. The topological polar surface area (TPSA) is 47.4 Å². The molecule has 0 aliphatic carbocycles. The summed E-state index contributed by atoms with van der Waals surface area (Å²) in [6.07, 6.45) is -3.67. The Labute approximate surface area is 198 Å². The largest absolute Gasteiger partial charge is 0.416 e. The zero-order valence-corrected chi connectivity index (χ0v) is 20.2. The highest BCUT2D eigenvalue weighted by Gasteiger charge is 2.33. The fourth-order valence-corrected chi connectivity index (χ4v) is 6.06. The van der Waals surface area contributed by atoms with Crippen molar-refractivity contribution < 1.29 is 17.9 Å². The maximum absolute atomic E-state index is 13.4. The zero-order chi connectivity index (χ0) is 23.6. The lowest BCUT2D eigenvalue weighted by molar-refractivity contribution is -0.138. The number of thiophene rings is 1. The molecule has 4 rings (SSSR count). The number of thioether (sulfide) groups is 1. The summed E-state index contributed by atoms with van der Waals surface area (Å²) in [4.78, 5) is 22.1. The predicted molar refractivity (Wildman–Crippen MR) is 126 cm³/mol. The molecule has 3 heterocycles. The Balaban J connectivity index is 1.62. The molecule has 5 nitrogen and oxygen atoms in total. The van der Waals surface area contributed by atoms with Crippen molar-refractivity contribution in [2.24, 2.45) is 0 Å². The van der Waals surface area contributed by atoms with Gasteiger partial charge < -0.3 is 4.74 Å². The Morgan fingerprint density at radius 2 is 1.88 bits per heavy atom. The van der Waals surface area contributed by atoms with E-state index in [1.165, 1.54) is 35.2 Å². The van der Waals surface area contributed by atoms with Gasteiger partial charge in [0.25, 0.3) is 5.56 Å². The highest BCUT2D eigenvalue weighted by molar-refractivity contribution is 7.98.